The van der Waals surface area contributed by atoms with E-state index < -0.39 is 0 Å². The van der Waals surface area contributed by atoms with Crippen LogP contribution in [0.1, 0.15) is 53.9 Å². The number of rotatable bonds is 5. The van der Waals surface area contributed by atoms with Crippen molar-refractivity contribution in [2.45, 2.75) is 63.9 Å². The molecule has 0 amide bonds. The molecule has 0 bridgehead atoms. The average molecular weight is 206 g/mol. The molecule has 0 aliphatic rings. The van der Waals surface area contributed by atoms with Crippen molar-refractivity contribution in [1.82, 2.24) is 0 Å². The summed E-state index contributed by atoms with van der Waals surface area (Å²) in [5, 5.41) is 0.814. The van der Waals surface area contributed by atoms with Gasteiger partial charge in [0.05, 0.1) is 0 Å². The van der Waals surface area contributed by atoms with E-state index in [0.717, 1.165) is 5.25 Å². The van der Waals surface area contributed by atoms with Crippen molar-refractivity contribution in [3.05, 3.63) is 0 Å². The van der Waals surface area contributed by atoms with E-state index in [2.05, 4.69) is 34.6 Å². The largest absolute Gasteiger partial charge is 0.0905 e. The molecule has 0 aromatic carbocycles. The third-order valence-corrected chi connectivity index (χ3v) is 5.36. The smallest absolute Gasteiger partial charge is 0.0179 e. The van der Waals surface area contributed by atoms with Crippen LogP contribution in [0.15, 0.2) is 0 Å². The molecular formula is C10H22S2. The first-order chi connectivity index (χ1) is 5.45. The standard InChI is InChI=1S/C10H22S2/c1-6-7-8-9(2)11-12-10(3,4)5/h9H,6-8H2,1-5H3. The lowest BCUT2D eigenvalue weighted by Crippen LogP contribution is -2.06. The highest BCUT2D eigenvalue weighted by atomic mass is 33.1. The van der Waals surface area contributed by atoms with Gasteiger partial charge in [-0.25, -0.2) is 0 Å². The molecule has 0 aromatic rings. The Balaban J connectivity index is 3.37. The molecule has 0 radical (unpaired) electrons. The Labute approximate surface area is 85.7 Å². The normalized spacial score (nSPS) is 14.8. The second kappa shape index (κ2) is 6.20. The van der Waals surface area contributed by atoms with Crippen molar-refractivity contribution in [2.75, 3.05) is 0 Å². The van der Waals surface area contributed by atoms with Gasteiger partial charge in [0.15, 0.2) is 0 Å². The molecular weight excluding hydrogens is 184 g/mol. The van der Waals surface area contributed by atoms with Crippen LogP contribution in [0.4, 0.5) is 0 Å². The minimum absolute atomic E-state index is 0.408. The van der Waals surface area contributed by atoms with Crippen molar-refractivity contribution in [3.8, 4) is 0 Å². The maximum absolute atomic E-state index is 2.33. The first-order valence-electron chi connectivity index (χ1n) is 4.80. The highest BCUT2D eigenvalue weighted by Crippen LogP contribution is 2.39. The first-order valence-corrected chi connectivity index (χ1v) is 7.01. The molecule has 0 rings (SSSR count). The van der Waals surface area contributed by atoms with E-state index in [1.807, 2.05) is 21.6 Å². The zero-order valence-electron chi connectivity index (χ0n) is 9.02. The van der Waals surface area contributed by atoms with Gasteiger partial charge in [-0.2, -0.15) is 0 Å². The van der Waals surface area contributed by atoms with Crippen LogP contribution >= 0.6 is 21.6 Å². The molecule has 0 saturated heterocycles. The molecule has 1 unspecified atom stereocenters. The molecule has 1 atom stereocenters. The SMILES string of the molecule is CCCCC(C)SSC(C)(C)C. The molecule has 0 heterocycles. The minimum atomic E-state index is 0.408. The Kier molecular flexibility index (Phi) is 6.56. The summed E-state index contributed by atoms with van der Waals surface area (Å²) in [6.45, 7) is 11.4. The van der Waals surface area contributed by atoms with Gasteiger partial charge in [0, 0.05) is 10.00 Å². The van der Waals surface area contributed by atoms with Gasteiger partial charge in [0.2, 0.25) is 0 Å². The van der Waals surface area contributed by atoms with E-state index >= 15 is 0 Å². The molecule has 0 saturated carbocycles. The number of hydrogen-bond donors (Lipinski definition) is 0. The van der Waals surface area contributed by atoms with Crippen LogP contribution in [0.2, 0.25) is 0 Å². The topological polar surface area (TPSA) is 0 Å². The molecule has 0 nitrogen and oxygen atoms in total. The lowest BCUT2D eigenvalue weighted by Gasteiger charge is -2.19. The number of hydrogen-bond acceptors (Lipinski definition) is 2. The van der Waals surface area contributed by atoms with Gasteiger partial charge in [-0.1, -0.05) is 69.0 Å². The second-order valence-electron chi connectivity index (χ2n) is 4.24. The van der Waals surface area contributed by atoms with E-state index in [4.69, 9.17) is 0 Å². The van der Waals surface area contributed by atoms with E-state index in [1.54, 1.807) is 0 Å². The van der Waals surface area contributed by atoms with Crippen molar-refractivity contribution < 1.29 is 0 Å². The fraction of sp³-hybridized carbons (Fsp3) is 1.00. The summed E-state index contributed by atoms with van der Waals surface area (Å²) in [4.78, 5) is 0. The highest BCUT2D eigenvalue weighted by molar-refractivity contribution is 8.77. The van der Waals surface area contributed by atoms with E-state index in [9.17, 15) is 0 Å². The predicted octanol–water partition coefficient (Wildman–Crippen LogP) is 4.75. The Morgan fingerprint density at radius 1 is 1.25 bits per heavy atom. The monoisotopic (exact) mass is 206 g/mol. The van der Waals surface area contributed by atoms with E-state index in [0.29, 0.717) is 4.75 Å². The quantitative estimate of drug-likeness (QED) is 0.596. The summed E-state index contributed by atoms with van der Waals surface area (Å²) in [5.74, 6) is 0. The molecule has 2 heteroatoms. The van der Waals surface area contributed by atoms with Crippen molar-refractivity contribution >= 4 is 21.6 Å². The predicted molar refractivity (Wildman–Crippen MR) is 63.9 cm³/mol. The van der Waals surface area contributed by atoms with Crippen molar-refractivity contribution in [1.29, 1.82) is 0 Å². The van der Waals surface area contributed by atoms with Gasteiger partial charge in [-0.05, 0) is 6.42 Å². The van der Waals surface area contributed by atoms with Crippen LogP contribution in [0.5, 0.6) is 0 Å². The summed E-state index contributed by atoms with van der Waals surface area (Å²) in [6.07, 6.45) is 4.06. The van der Waals surface area contributed by atoms with Gasteiger partial charge in [0.25, 0.3) is 0 Å². The molecule has 0 spiro atoms. The molecule has 74 valence electrons. The third-order valence-electron chi connectivity index (χ3n) is 1.43. The lowest BCUT2D eigenvalue weighted by atomic mass is 10.2. The van der Waals surface area contributed by atoms with Gasteiger partial charge in [-0.3, -0.25) is 0 Å². The molecule has 0 fully saturated rings. The van der Waals surface area contributed by atoms with Crippen molar-refractivity contribution in [2.24, 2.45) is 0 Å². The van der Waals surface area contributed by atoms with Crippen LogP contribution in [-0.4, -0.2) is 10.00 Å². The van der Waals surface area contributed by atoms with Gasteiger partial charge >= 0.3 is 0 Å². The summed E-state index contributed by atoms with van der Waals surface area (Å²) in [6, 6.07) is 0. The lowest BCUT2D eigenvalue weighted by molar-refractivity contribution is 0.715. The van der Waals surface area contributed by atoms with Gasteiger partial charge in [-0.15, -0.1) is 0 Å². The van der Waals surface area contributed by atoms with Crippen LogP contribution in [0.25, 0.3) is 0 Å². The van der Waals surface area contributed by atoms with Crippen LogP contribution in [0, 0.1) is 0 Å². The molecule has 0 aromatic heterocycles. The highest BCUT2D eigenvalue weighted by Gasteiger charge is 2.13. The Hall–Kier alpha value is 0.700. The fourth-order valence-electron chi connectivity index (χ4n) is 0.766. The van der Waals surface area contributed by atoms with Crippen LogP contribution < -0.4 is 0 Å². The Morgan fingerprint density at radius 3 is 2.25 bits per heavy atom. The molecule has 12 heavy (non-hydrogen) atoms. The average Bonchev–Trinajstić information content (AvgIpc) is 1.95. The van der Waals surface area contributed by atoms with E-state index in [-0.39, 0.29) is 0 Å². The van der Waals surface area contributed by atoms with Gasteiger partial charge < -0.3 is 0 Å². The van der Waals surface area contributed by atoms with Gasteiger partial charge in [0.1, 0.15) is 0 Å². The summed E-state index contributed by atoms with van der Waals surface area (Å²) >= 11 is 0. The maximum atomic E-state index is 2.33. The summed E-state index contributed by atoms with van der Waals surface area (Å²) in [5.41, 5.74) is 0. The molecule has 0 aliphatic heterocycles. The third kappa shape index (κ3) is 8.79. The molecule has 0 N–H and O–H groups in total. The van der Waals surface area contributed by atoms with Crippen molar-refractivity contribution in [3.63, 3.8) is 0 Å². The maximum Gasteiger partial charge on any atom is 0.0179 e. The Bertz CT molecular complexity index is 105. The zero-order valence-corrected chi connectivity index (χ0v) is 10.6. The van der Waals surface area contributed by atoms with Crippen LogP contribution in [0.3, 0.4) is 0 Å². The van der Waals surface area contributed by atoms with E-state index in [1.165, 1.54) is 19.3 Å². The Morgan fingerprint density at radius 2 is 1.83 bits per heavy atom. The fourth-order valence-corrected chi connectivity index (χ4v) is 3.13. The minimum Gasteiger partial charge on any atom is -0.0905 e. The number of unbranched alkanes of at least 4 members (excludes halogenated alkanes) is 1. The summed E-state index contributed by atoms with van der Waals surface area (Å²) < 4.78 is 0.408. The summed E-state index contributed by atoms with van der Waals surface area (Å²) in [7, 11) is 4.05. The first kappa shape index (κ1) is 12.7. The zero-order chi connectivity index (χ0) is 9.61. The van der Waals surface area contributed by atoms with Crippen LogP contribution in [-0.2, 0) is 0 Å². The second-order valence-corrected chi connectivity index (χ2v) is 7.71. The molecule has 0 aliphatic carbocycles.